The van der Waals surface area contributed by atoms with Crippen molar-refractivity contribution in [2.45, 2.75) is 250 Å². The minimum atomic E-state index is -1.91. The number of carboxylic acid groups (broad SMARTS) is 1. The molecule has 6 atom stereocenters. The third-order valence-corrected chi connectivity index (χ3v) is 11.9. The molecule has 12 heteroatoms. The van der Waals surface area contributed by atoms with Gasteiger partial charge < -0.3 is 39.0 Å². The molecular weight excluding hydrogens is 901 g/mol. The lowest BCUT2D eigenvalue weighted by molar-refractivity contribution is -0.301. The first-order valence-corrected chi connectivity index (χ1v) is 27.6. The second-order valence-corrected chi connectivity index (χ2v) is 18.5. The van der Waals surface area contributed by atoms with Crippen molar-refractivity contribution in [1.29, 1.82) is 0 Å². The molecular formula is C59H96O12. The first kappa shape index (κ1) is 64.9. The van der Waals surface area contributed by atoms with Crippen LogP contribution in [-0.2, 0) is 42.9 Å². The molecule has 71 heavy (non-hydrogen) atoms. The number of carbonyl (C=O) groups is 4. The van der Waals surface area contributed by atoms with Crippen LogP contribution in [0.1, 0.15) is 213 Å². The van der Waals surface area contributed by atoms with Crippen molar-refractivity contribution in [3.63, 3.8) is 0 Å². The molecule has 3 N–H and O–H groups in total. The van der Waals surface area contributed by atoms with Gasteiger partial charge in [-0.25, -0.2) is 4.79 Å². The zero-order chi connectivity index (χ0) is 51.8. The predicted molar refractivity (Wildman–Crippen MR) is 284 cm³/mol. The van der Waals surface area contributed by atoms with Gasteiger partial charge in [0.05, 0.1) is 6.61 Å². The number of hydrogen-bond acceptors (Lipinski definition) is 11. The van der Waals surface area contributed by atoms with Crippen LogP contribution < -0.4 is 0 Å². The number of allylic oxidation sites excluding steroid dienone is 14. The number of aliphatic hydroxyl groups excluding tert-OH is 2. The molecule has 404 valence electrons. The number of carbonyl (C=O) groups excluding carboxylic acids is 3. The maximum Gasteiger partial charge on any atom is 0.335 e. The van der Waals surface area contributed by atoms with Crippen molar-refractivity contribution in [3.8, 4) is 0 Å². The largest absolute Gasteiger partial charge is 0.479 e. The van der Waals surface area contributed by atoms with Gasteiger partial charge in [-0.3, -0.25) is 14.4 Å². The van der Waals surface area contributed by atoms with Crippen LogP contribution in [0.4, 0.5) is 0 Å². The lowest BCUT2D eigenvalue weighted by atomic mass is 9.98. The monoisotopic (exact) mass is 997 g/mol. The number of hydrogen-bond donors (Lipinski definition) is 3. The summed E-state index contributed by atoms with van der Waals surface area (Å²) in [5.74, 6) is -3.21. The van der Waals surface area contributed by atoms with Gasteiger partial charge in [-0.15, -0.1) is 0 Å². The summed E-state index contributed by atoms with van der Waals surface area (Å²) >= 11 is 0. The summed E-state index contributed by atoms with van der Waals surface area (Å²) in [5.41, 5.74) is 0. The Kier molecular flexibility index (Phi) is 42.9. The molecule has 0 radical (unpaired) electrons. The molecule has 0 amide bonds. The molecule has 0 aromatic rings. The van der Waals surface area contributed by atoms with Gasteiger partial charge in [0.1, 0.15) is 18.8 Å². The van der Waals surface area contributed by atoms with Crippen molar-refractivity contribution in [2.75, 3.05) is 13.2 Å². The van der Waals surface area contributed by atoms with Crippen LogP contribution in [0.5, 0.6) is 0 Å². The molecule has 0 aromatic heterocycles. The Morgan fingerprint density at radius 2 is 0.915 bits per heavy atom. The van der Waals surface area contributed by atoms with Crippen LogP contribution in [0.2, 0.25) is 0 Å². The smallest absolute Gasteiger partial charge is 0.335 e. The number of aliphatic hydroxyl groups is 2. The van der Waals surface area contributed by atoms with Crippen LogP contribution in [-0.4, -0.2) is 89.2 Å². The van der Waals surface area contributed by atoms with Crippen LogP contribution in [0.15, 0.2) is 85.1 Å². The van der Waals surface area contributed by atoms with Gasteiger partial charge in [0.25, 0.3) is 0 Å². The standard InChI is InChI=1S/C59H96O12/c1-4-7-10-13-16-19-22-25-26-29-30-33-36-39-42-45-51(60)67-48-50(69-52(61)46-43-40-37-34-31-27-23-20-17-14-11-8-5-2)49-68-59-57(55(64)54(63)56(71-59)58(65)66)70-53(62)47-44-41-38-35-32-28-24-21-18-15-12-9-6-3/h7,10-11,14,16,19-21,23-26,30,33,50,54-57,59,63-64H,4-6,8-9,12-13,15,17-18,22,27-29,31-32,34-49H2,1-3H3,(H,65,66)/b10-7-,14-11-,19-16-,23-20-,24-21-,26-25-,33-30-. The van der Waals surface area contributed by atoms with E-state index >= 15 is 0 Å². The molecule has 0 saturated carbocycles. The maximum absolute atomic E-state index is 13.1. The van der Waals surface area contributed by atoms with Crippen LogP contribution in [0, 0.1) is 0 Å². The van der Waals surface area contributed by atoms with Crippen molar-refractivity contribution in [2.24, 2.45) is 0 Å². The average molecular weight is 997 g/mol. The van der Waals surface area contributed by atoms with Crippen molar-refractivity contribution < 1.29 is 58.2 Å². The number of aliphatic carboxylic acids is 1. The highest BCUT2D eigenvalue weighted by atomic mass is 16.7. The van der Waals surface area contributed by atoms with E-state index in [0.29, 0.717) is 19.3 Å². The first-order valence-electron chi connectivity index (χ1n) is 27.6. The minimum absolute atomic E-state index is 0.0414. The first-order chi connectivity index (χ1) is 34.6. The number of rotatable bonds is 45. The molecule has 1 aliphatic rings. The lowest BCUT2D eigenvalue weighted by Gasteiger charge is -2.40. The molecule has 0 aliphatic carbocycles. The number of unbranched alkanes of at least 4 members (excludes halogenated alkanes) is 17. The second-order valence-electron chi connectivity index (χ2n) is 18.5. The summed E-state index contributed by atoms with van der Waals surface area (Å²) < 4.78 is 28.3. The minimum Gasteiger partial charge on any atom is -0.479 e. The van der Waals surface area contributed by atoms with E-state index in [0.717, 1.165) is 128 Å². The molecule has 1 heterocycles. The maximum atomic E-state index is 13.1. The van der Waals surface area contributed by atoms with E-state index in [9.17, 15) is 34.5 Å². The van der Waals surface area contributed by atoms with E-state index < -0.39 is 67.3 Å². The van der Waals surface area contributed by atoms with Crippen molar-refractivity contribution >= 4 is 23.9 Å². The topological polar surface area (TPSA) is 175 Å². The zero-order valence-electron chi connectivity index (χ0n) is 44.2. The van der Waals surface area contributed by atoms with Gasteiger partial charge in [0, 0.05) is 19.3 Å². The summed E-state index contributed by atoms with van der Waals surface area (Å²) in [6, 6.07) is 0. The molecule has 6 unspecified atom stereocenters. The Bertz CT molecular complexity index is 1560. The lowest BCUT2D eigenvalue weighted by Crippen LogP contribution is -2.61. The Labute approximate surface area is 429 Å². The van der Waals surface area contributed by atoms with E-state index in [-0.39, 0.29) is 25.9 Å². The highest BCUT2D eigenvalue weighted by molar-refractivity contribution is 5.74. The predicted octanol–water partition coefficient (Wildman–Crippen LogP) is 13.6. The van der Waals surface area contributed by atoms with E-state index in [2.05, 4.69) is 106 Å². The van der Waals surface area contributed by atoms with Gasteiger partial charge in [0.2, 0.25) is 0 Å². The molecule has 0 bridgehead atoms. The number of ether oxygens (including phenoxy) is 5. The zero-order valence-corrected chi connectivity index (χ0v) is 44.2. The molecule has 0 aromatic carbocycles. The van der Waals surface area contributed by atoms with Gasteiger partial charge in [-0.05, 0) is 109 Å². The van der Waals surface area contributed by atoms with Gasteiger partial charge in [-0.1, -0.05) is 170 Å². The Balaban J connectivity index is 2.76. The molecule has 0 spiro atoms. The third-order valence-electron chi connectivity index (χ3n) is 11.9. The van der Waals surface area contributed by atoms with E-state index in [1.807, 2.05) is 0 Å². The highest BCUT2D eigenvalue weighted by Crippen LogP contribution is 2.26. The van der Waals surface area contributed by atoms with Crippen molar-refractivity contribution in [3.05, 3.63) is 85.1 Å². The Hall–Kier alpha value is -4.10. The van der Waals surface area contributed by atoms with Crippen LogP contribution in [0.25, 0.3) is 0 Å². The van der Waals surface area contributed by atoms with Crippen LogP contribution >= 0.6 is 0 Å². The summed E-state index contributed by atoms with van der Waals surface area (Å²) in [4.78, 5) is 50.9. The molecule has 1 fully saturated rings. The molecule has 1 aliphatic heterocycles. The normalized spacial score (nSPS) is 19.1. The average Bonchev–Trinajstić information content (AvgIpc) is 3.35. The van der Waals surface area contributed by atoms with E-state index in [1.165, 1.54) is 25.7 Å². The Morgan fingerprint density at radius 1 is 0.479 bits per heavy atom. The summed E-state index contributed by atoms with van der Waals surface area (Å²) in [6.07, 6.45) is 47.1. The second kappa shape index (κ2) is 46.9. The summed E-state index contributed by atoms with van der Waals surface area (Å²) in [5, 5.41) is 31.4. The van der Waals surface area contributed by atoms with Crippen LogP contribution in [0.3, 0.4) is 0 Å². The van der Waals surface area contributed by atoms with Crippen molar-refractivity contribution in [1.82, 2.24) is 0 Å². The van der Waals surface area contributed by atoms with Gasteiger partial charge in [-0.2, -0.15) is 0 Å². The summed E-state index contributed by atoms with van der Waals surface area (Å²) in [6.45, 7) is 5.72. The number of carboxylic acids is 1. The third kappa shape index (κ3) is 37.3. The van der Waals surface area contributed by atoms with Gasteiger partial charge in [0.15, 0.2) is 24.6 Å². The fourth-order valence-corrected chi connectivity index (χ4v) is 7.68. The SMILES string of the molecule is CC/C=C\C/C=C\C/C=C\C/C=C\CCCCC(=O)OCC(COC1OC(C(=O)O)C(O)C(O)C1OC(=O)CCCCCCC/C=C\CCCCCC)OC(=O)CCCCCCC/C=C\C/C=C\CCC. The fraction of sp³-hybridized carbons (Fsp3) is 0.695. The molecule has 12 nitrogen and oxygen atoms in total. The quantitative estimate of drug-likeness (QED) is 0.0228. The summed E-state index contributed by atoms with van der Waals surface area (Å²) in [7, 11) is 0. The van der Waals surface area contributed by atoms with E-state index in [1.54, 1.807) is 0 Å². The number of esters is 3. The fourth-order valence-electron chi connectivity index (χ4n) is 7.68. The van der Waals surface area contributed by atoms with Gasteiger partial charge >= 0.3 is 23.9 Å². The highest BCUT2D eigenvalue weighted by Gasteiger charge is 2.50. The Morgan fingerprint density at radius 3 is 1.45 bits per heavy atom. The molecule has 1 saturated heterocycles. The molecule has 1 rings (SSSR count). The van der Waals surface area contributed by atoms with E-state index in [4.69, 9.17) is 23.7 Å².